The Labute approximate surface area is 136 Å². The van der Waals surface area contributed by atoms with Crippen LogP contribution in [0.5, 0.6) is 5.75 Å². The van der Waals surface area contributed by atoms with Crippen molar-refractivity contribution in [1.29, 1.82) is 0 Å². The fourth-order valence-corrected chi connectivity index (χ4v) is 2.88. The molecule has 0 unspecified atom stereocenters. The molecule has 0 N–H and O–H groups in total. The highest BCUT2D eigenvalue weighted by Crippen LogP contribution is 2.19. The lowest BCUT2D eigenvalue weighted by molar-refractivity contribution is -0.137. The van der Waals surface area contributed by atoms with Crippen molar-refractivity contribution in [1.82, 2.24) is 19.7 Å². The zero-order chi connectivity index (χ0) is 16.1. The smallest absolute Gasteiger partial charge is 0.227 e. The van der Waals surface area contributed by atoms with Crippen molar-refractivity contribution in [2.45, 2.75) is 32.4 Å². The number of amides is 1. The predicted molar refractivity (Wildman–Crippen MR) is 85.9 cm³/mol. The van der Waals surface area contributed by atoms with E-state index in [9.17, 15) is 4.79 Å². The van der Waals surface area contributed by atoms with Crippen LogP contribution in [0.3, 0.4) is 0 Å². The largest absolute Gasteiger partial charge is 0.490 e. The van der Waals surface area contributed by atoms with Gasteiger partial charge >= 0.3 is 0 Å². The maximum absolute atomic E-state index is 12.5. The van der Waals surface area contributed by atoms with Crippen LogP contribution >= 0.6 is 0 Å². The molecule has 0 aliphatic carbocycles. The van der Waals surface area contributed by atoms with E-state index >= 15 is 0 Å². The summed E-state index contributed by atoms with van der Waals surface area (Å²) < 4.78 is 7.74. The van der Waals surface area contributed by atoms with Gasteiger partial charge in [0.05, 0.1) is 12.5 Å². The van der Waals surface area contributed by atoms with Crippen molar-refractivity contribution in [3.8, 4) is 5.75 Å². The second-order valence-corrected chi connectivity index (χ2v) is 5.95. The SMILES string of the molecule is C[C@@H](Cn1cccn1)C(=O)N1CCC(Oc2ccncc2)CC1. The van der Waals surface area contributed by atoms with Crippen molar-refractivity contribution in [3.05, 3.63) is 43.0 Å². The fourth-order valence-electron chi connectivity index (χ4n) is 2.88. The van der Waals surface area contributed by atoms with Gasteiger partial charge in [-0.25, -0.2) is 0 Å². The maximum atomic E-state index is 12.5. The molecule has 6 heteroatoms. The fraction of sp³-hybridized carbons (Fsp3) is 0.471. The molecular weight excluding hydrogens is 292 g/mol. The Kier molecular flexibility index (Phi) is 4.90. The lowest BCUT2D eigenvalue weighted by atomic mass is 10.0. The second-order valence-electron chi connectivity index (χ2n) is 5.95. The molecule has 1 aliphatic heterocycles. The highest BCUT2D eigenvalue weighted by molar-refractivity contribution is 5.78. The molecular formula is C17H22N4O2. The van der Waals surface area contributed by atoms with E-state index in [1.54, 1.807) is 18.6 Å². The molecule has 6 nitrogen and oxygen atoms in total. The number of rotatable bonds is 5. The van der Waals surface area contributed by atoms with E-state index < -0.39 is 0 Å². The van der Waals surface area contributed by atoms with Crippen LogP contribution in [0.4, 0.5) is 0 Å². The normalized spacial score (nSPS) is 17.0. The van der Waals surface area contributed by atoms with Crippen LogP contribution in [0.2, 0.25) is 0 Å². The first-order valence-electron chi connectivity index (χ1n) is 8.05. The molecule has 2 aromatic rings. The molecule has 122 valence electrons. The van der Waals surface area contributed by atoms with Gasteiger partial charge in [0, 0.05) is 50.7 Å². The molecule has 0 radical (unpaired) electrons. The number of carbonyl (C=O) groups is 1. The number of piperidine rings is 1. The minimum Gasteiger partial charge on any atom is -0.490 e. The predicted octanol–water partition coefficient (Wildman–Crippen LogP) is 1.98. The average Bonchev–Trinajstić information content (AvgIpc) is 3.09. The Morgan fingerprint density at radius 1 is 1.30 bits per heavy atom. The van der Waals surface area contributed by atoms with Crippen molar-refractivity contribution in [3.63, 3.8) is 0 Å². The van der Waals surface area contributed by atoms with Gasteiger partial charge in [-0.05, 0) is 18.2 Å². The summed E-state index contributed by atoms with van der Waals surface area (Å²) in [7, 11) is 0. The molecule has 3 heterocycles. The highest BCUT2D eigenvalue weighted by atomic mass is 16.5. The zero-order valence-electron chi connectivity index (χ0n) is 13.3. The number of aromatic nitrogens is 3. The topological polar surface area (TPSA) is 60.2 Å². The Bertz CT molecular complexity index is 607. The van der Waals surface area contributed by atoms with Crippen LogP contribution in [0.15, 0.2) is 43.0 Å². The van der Waals surface area contributed by atoms with E-state index in [-0.39, 0.29) is 17.9 Å². The van der Waals surface area contributed by atoms with E-state index in [0.29, 0.717) is 6.54 Å². The number of ether oxygens (including phenoxy) is 1. The molecule has 1 saturated heterocycles. The third-order valence-electron chi connectivity index (χ3n) is 4.15. The minimum atomic E-state index is -0.0624. The van der Waals surface area contributed by atoms with Crippen molar-refractivity contribution in [2.24, 2.45) is 5.92 Å². The van der Waals surface area contributed by atoms with Crippen molar-refractivity contribution in [2.75, 3.05) is 13.1 Å². The van der Waals surface area contributed by atoms with E-state index in [4.69, 9.17) is 4.74 Å². The second kappa shape index (κ2) is 7.26. The Morgan fingerprint density at radius 2 is 2.04 bits per heavy atom. The first kappa shape index (κ1) is 15.5. The summed E-state index contributed by atoms with van der Waals surface area (Å²) in [6, 6.07) is 5.60. The van der Waals surface area contributed by atoms with Crippen LogP contribution in [0, 0.1) is 5.92 Å². The standard InChI is InChI=1S/C17H22N4O2/c1-14(13-21-10-2-7-19-21)17(22)20-11-5-16(6-12-20)23-15-3-8-18-9-4-15/h2-4,7-10,14,16H,5-6,11-13H2,1H3/t14-/m0/s1. The summed E-state index contributed by atoms with van der Waals surface area (Å²) in [5, 5.41) is 4.16. The number of carbonyl (C=O) groups excluding carboxylic acids is 1. The van der Waals surface area contributed by atoms with Crippen molar-refractivity contribution < 1.29 is 9.53 Å². The summed E-state index contributed by atoms with van der Waals surface area (Å²) in [4.78, 5) is 18.5. The summed E-state index contributed by atoms with van der Waals surface area (Å²) in [6.07, 6.45) is 8.97. The van der Waals surface area contributed by atoms with Gasteiger partial charge in [-0.1, -0.05) is 6.92 Å². The van der Waals surface area contributed by atoms with E-state index in [1.807, 2.05) is 40.9 Å². The summed E-state index contributed by atoms with van der Waals surface area (Å²) in [5.74, 6) is 0.979. The Balaban J connectivity index is 1.47. The van der Waals surface area contributed by atoms with E-state index in [2.05, 4.69) is 10.1 Å². The lowest BCUT2D eigenvalue weighted by Gasteiger charge is -2.33. The van der Waals surface area contributed by atoms with Crippen LogP contribution in [0.1, 0.15) is 19.8 Å². The molecule has 23 heavy (non-hydrogen) atoms. The first-order valence-corrected chi connectivity index (χ1v) is 8.05. The van der Waals surface area contributed by atoms with Crippen LogP contribution < -0.4 is 4.74 Å². The number of likely N-dealkylation sites (tertiary alicyclic amines) is 1. The molecule has 0 bridgehead atoms. The summed E-state index contributed by atoms with van der Waals surface area (Å²) in [5.41, 5.74) is 0. The molecule has 0 saturated carbocycles. The highest BCUT2D eigenvalue weighted by Gasteiger charge is 2.27. The van der Waals surface area contributed by atoms with Gasteiger partial charge in [0.25, 0.3) is 0 Å². The quantitative estimate of drug-likeness (QED) is 0.847. The van der Waals surface area contributed by atoms with Gasteiger partial charge in [-0.2, -0.15) is 5.10 Å². The average molecular weight is 314 g/mol. The van der Waals surface area contributed by atoms with Crippen LogP contribution in [-0.2, 0) is 11.3 Å². The minimum absolute atomic E-state index is 0.0624. The zero-order valence-corrected chi connectivity index (χ0v) is 13.3. The molecule has 1 amide bonds. The maximum Gasteiger partial charge on any atom is 0.227 e. The summed E-state index contributed by atoms with van der Waals surface area (Å²) in [6.45, 7) is 4.08. The van der Waals surface area contributed by atoms with Gasteiger partial charge in [-0.3, -0.25) is 14.5 Å². The molecule has 0 aromatic carbocycles. The number of hydrogen-bond acceptors (Lipinski definition) is 4. The van der Waals surface area contributed by atoms with Crippen LogP contribution in [-0.4, -0.2) is 44.8 Å². The lowest BCUT2D eigenvalue weighted by Crippen LogP contribution is -2.44. The molecule has 3 rings (SSSR count). The Morgan fingerprint density at radius 3 is 2.70 bits per heavy atom. The number of hydrogen-bond donors (Lipinski definition) is 0. The Hall–Kier alpha value is -2.37. The third-order valence-corrected chi connectivity index (χ3v) is 4.15. The van der Waals surface area contributed by atoms with Gasteiger partial charge in [0.1, 0.15) is 11.9 Å². The van der Waals surface area contributed by atoms with E-state index in [0.717, 1.165) is 31.7 Å². The molecule has 1 atom stereocenters. The first-order chi connectivity index (χ1) is 11.2. The monoisotopic (exact) mass is 314 g/mol. The van der Waals surface area contributed by atoms with Gasteiger partial charge < -0.3 is 9.64 Å². The summed E-state index contributed by atoms with van der Waals surface area (Å²) >= 11 is 0. The van der Waals surface area contributed by atoms with Gasteiger partial charge in [-0.15, -0.1) is 0 Å². The van der Waals surface area contributed by atoms with Crippen LogP contribution in [0.25, 0.3) is 0 Å². The molecule has 0 spiro atoms. The third kappa shape index (κ3) is 4.09. The molecule has 1 fully saturated rings. The molecule has 1 aliphatic rings. The van der Waals surface area contributed by atoms with E-state index in [1.165, 1.54) is 0 Å². The number of pyridine rings is 1. The van der Waals surface area contributed by atoms with Gasteiger partial charge in [0.2, 0.25) is 5.91 Å². The molecule has 2 aromatic heterocycles. The van der Waals surface area contributed by atoms with Gasteiger partial charge in [0.15, 0.2) is 0 Å². The van der Waals surface area contributed by atoms with Crippen molar-refractivity contribution >= 4 is 5.91 Å². The number of nitrogens with zero attached hydrogens (tertiary/aromatic N) is 4.